The van der Waals surface area contributed by atoms with E-state index in [9.17, 15) is 4.21 Å². The number of thioether (sulfide) groups is 1. The first-order chi connectivity index (χ1) is 7.76. The van der Waals surface area contributed by atoms with Crippen molar-refractivity contribution in [2.45, 2.75) is 36.5 Å². The molecule has 1 spiro atoms. The summed E-state index contributed by atoms with van der Waals surface area (Å²) in [7, 11) is -0.746. The Bertz CT molecular complexity index is 249. The van der Waals surface area contributed by atoms with Crippen LogP contribution in [0.3, 0.4) is 0 Å². The van der Waals surface area contributed by atoms with Crippen molar-refractivity contribution in [3.8, 4) is 0 Å². The Morgan fingerprint density at radius 2 is 2.19 bits per heavy atom. The molecule has 0 aromatic carbocycles. The zero-order valence-corrected chi connectivity index (χ0v) is 11.3. The van der Waals surface area contributed by atoms with Crippen molar-refractivity contribution in [3.63, 3.8) is 0 Å². The minimum absolute atomic E-state index is 0.0540. The van der Waals surface area contributed by atoms with Crippen molar-refractivity contribution in [2.75, 3.05) is 30.4 Å². The van der Waals surface area contributed by atoms with Crippen molar-refractivity contribution in [1.29, 1.82) is 0 Å². The van der Waals surface area contributed by atoms with Gasteiger partial charge < -0.3 is 10.5 Å². The highest BCUT2D eigenvalue weighted by molar-refractivity contribution is 7.99. The molecule has 0 bridgehead atoms. The summed E-state index contributed by atoms with van der Waals surface area (Å²) in [5.41, 5.74) is 5.53. The summed E-state index contributed by atoms with van der Waals surface area (Å²) in [6.45, 7) is 1.32. The fourth-order valence-electron chi connectivity index (χ4n) is 2.58. The summed E-state index contributed by atoms with van der Waals surface area (Å²) in [5, 5.41) is 0.320. The molecule has 94 valence electrons. The van der Waals surface area contributed by atoms with Gasteiger partial charge in [-0.25, -0.2) is 0 Å². The molecule has 2 aliphatic rings. The zero-order valence-electron chi connectivity index (χ0n) is 9.65. The molecular formula is C11H21NO2S2. The fraction of sp³-hybridized carbons (Fsp3) is 1.00. The highest BCUT2D eigenvalue weighted by atomic mass is 32.2. The zero-order chi connectivity index (χ0) is 11.4. The lowest BCUT2D eigenvalue weighted by Gasteiger charge is -2.43. The van der Waals surface area contributed by atoms with E-state index in [1.54, 1.807) is 0 Å². The number of rotatable bonds is 3. The predicted molar refractivity (Wildman–Crippen MR) is 70.3 cm³/mol. The average Bonchev–Trinajstić information content (AvgIpc) is 2.30. The molecule has 5 heteroatoms. The molecule has 2 unspecified atom stereocenters. The molecule has 16 heavy (non-hydrogen) atoms. The second-order valence-corrected chi connectivity index (χ2v) is 7.69. The molecule has 3 nitrogen and oxygen atoms in total. The van der Waals surface area contributed by atoms with E-state index in [1.807, 2.05) is 11.8 Å². The van der Waals surface area contributed by atoms with E-state index in [1.165, 1.54) is 11.5 Å². The summed E-state index contributed by atoms with van der Waals surface area (Å²) in [5.74, 6) is 3.03. The van der Waals surface area contributed by atoms with Crippen LogP contribution in [-0.4, -0.2) is 45.5 Å². The maximum atomic E-state index is 12.0. The molecule has 0 aromatic heterocycles. The summed E-state index contributed by atoms with van der Waals surface area (Å²) < 4.78 is 18.0. The lowest BCUT2D eigenvalue weighted by molar-refractivity contribution is -0.0809. The molecule has 2 fully saturated rings. The van der Waals surface area contributed by atoms with E-state index >= 15 is 0 Å². The molecule has 0 radical (unpaired) electrons. The molecule has 0 aromatic rings. The maximum Gasteiger partial charge on any atom is 0.0709 e. The van der Waals surface area contributed by atoms with Gasteiger partial charge in [0.2, 0.25) is 0 Å². The molecule has 0 saturated carbocycles. The first kappa shape index (κ1) is 12.9. The Morgan fingerprint density at radius 3 is 2.88 bits per heavy atom. The maximum absolute atomic E-state index is 12.0. The normalized spacial score (nSPS) is 31.4. The minimum atomic E-state index is -0.746. The molecule has 0 aliphatic carbocycles. The van der Waals surface area contributed by atoms with Gasteiger partial charge >= 0.3 is 0 Å². The molecular weight excluding hydrogens is 242 g/mol. The highest BCUT2D eigenvalue weighted by Gasteiger charge is 2.40. The van der Waals surface area contributed by atoms with Gasteiger partial charge in [0.25, 0.3) is 0 Å². The van der Waals surface area contributed by atoms with E-state index in [-0.39, 0.29) is 5.60 Å². The van der Waals surface area contributed by atoms with E-state index in [4.69, 9.17) is 10.5 Å². The Balaban J connectivity index is 1.94. The van der Waals surface area contributed by atoms with Crippen LogP contribution in [-0.2, 0) is 15.5 Å². The molecule has 2 N–H and O–H groups in total. The third kappa shape index (κ3) is 3.00. The van der Waals surface area contributed by atoms with Crippen LogP contribution in [0.15, 0.2) is 0 Å². The van der Waals surface area contributed by atoms with Gasteiger partial charge in [0.15, 0.2) is 0 Å². The van der Waals surface area contributed by atoms with Gasteiger partial charge in [0, 0.05) is 35.0 Å². The van der Waals surface area contributed by atoms with Crippen LogP contribution in [0.2, 0.25) is 0 Å². The van der Waals surface area contributed by atoms with Crippen LogP contribution in [0.1, 0.15) is 25.7 Å². The lowest BCUT2D eigenvalue weighted by Crippen LogP contribution is -2.46. The van der Waals surface area contributed by atoms with Crippen LogP contribution >= 0.6 is 11.8 Å². The minimum Gasteiger partial charge on any atom is -0.375 e. The Kier molecular flexibility index (Phi) is 4.70. The number of nitrogens with two attached hydrogens (primary N) is 1. The average molecular weight is 263 g/mol. The Morgan fingerprint density at radius 1 is 1.44 bits per heavy atom. The summed E-state index contributed by atoms with van der Waals surface area (Å²) in [6.07, 6.45) is 4.20. The van der Waals surface area contributed by atoms with Crippen LogP contribution in [0.5, 0.6) is 0 Å². The Labute approximate surface area is 104 Å². The summed E-state index contributed by atoms with van der Waals surface area (Å²) in [6, 6.07) is 0. The third-order valence-corrected chi connectivity index (χ3v) is 6.31. The van der Waals surface area contributed by atoms with Gasteiger partial charge in [0.1, 0.15) is 0 Å². The van der Waals surface area contributed by atoms with Gasteiger partial charge in [-0.15, -0.1) is 0 Å². The topological polar surface area (TPSA) is 52.3 Å². The lowest BCUT2D eigenvalue weighted by atomic mass is 9.88. The van der Waals surface area contributed by atoms with Gasteiger partial charge in [-0.2, -0.15) is 11.8 Å². The molecule has 2 heterocycles. The van der Waals surface area contributed by atoms with E-state index < -0.39 is 10.8 Å². The van der Waals surface area contributed by atoms with Crippen molar-refractivity contribution in [2.24, 2.45) is 5.73 Å². The molecule has 2 aliphatic heterocycles. The molecule has 0 amide bonds. The predicted octanol–water partition coefficient (Wildman–Crippen LogP) is 1.14. The van der Waals surface area contributed by atoms with Gasteiger partial charge in [0.05, 0.1) is 5.60 Å². The van der Waals surface area contributed by atoms with Gasteiger partial charge in [-0.1, -0.05) is 0 Å². The first-order valence-electron chi connectivity index (χ1n) is 6.05. The van der Waals surface area contributed by atoms with Crippen molar-refractivity contribution in [3.05, 3.63) is 0 Å². The number of hydrogen-bond donors (Lipinski definition) is 1. The second kappa shape index (κ2) is 5.85. The Hall–Kier alpha value is 0.420. The fourth-order valence-corrected chi connectivity index (χ4v) is 5.23. The molecule has 2 rings (SSSR count). The smallest absolute Gasteiger partial charge is 0.0709 e. The van der Waals surface area contributed by atoms with Crippen molar-refractivity contribution in [1.82, 2.24) is 0 Å². The van der Waals surface area contributed by atoms with Crippen LogP contribution in [0.4, 0.5) is 0 Å². The van der Waals surface area contributed by atoms with Crippen LogP contribution < -0.4 is 5.73 Å². The summed E-state index contributed by atoms with van der Waals surface area (Å²) >= 11 is 2.01. The van der Waals surface area contributed by atoms with Crippen LogP contribution in [0, 0.1) is 0 Å². The van der Waals surface area contributed by atoms with Gasteiger partial charge in [-0.3, -0.25) is 4.21 Å². The van der Waals surface area contributed by atoms with E-state index in [0.29, 0.717) is 17.5 Å². The second-order valence-electron chi connectivity index (χ2n) is 4.63. The van der Waals surface area contributed by atoms with Crippen LogP contribution in [0.25, 0.3) is 0 Å². The molecule has 2 atom stereocenters. The highest BCUT2D eigenvalue weighted by Crippen LogP contribution is 2.38. The SMILES string of the molecule is NCCS(=O)C1CCOC2(CCSCC2)C1. The largest absolute Gasteiger partial charge is 0.375 e. The number of hydrogen-bond acceptors (Lipinski definition) is 4. The number of ether oxygens (including phenoxy) is 1. The third-order valence-electron chi connectivity index (χ3n) is 3.54. The summed E-state index contributed by atoms with van der Waals surface area (Å²) in [4.78, 5) is 0. The first-order valence-corrected chi connectivity index (χ1v) is 8.58. The van der Waals surface area contributed by atoms with Gasteiger partial charge in [-0.05, 0) is 37.2 Å². The quantitative estimate of drug-likeness (QED) is 0.829. The van der Waals surface area contributed by atoms with E-state index in [2.05, 4.69) is 0 Å². The monoisotopic (exact) mass is 263 g/mol. The molecule has 2 saturated heterocycles. The van der Waals surface area contributed by atoms with E-state index in [0.717, 1.165) is 32.3 Å². The standard InChI is InChI=1S/C11H21NO2S2/c12-4-8-16(13)10-1-5-14-11(9-10)2-6-15-7-3-11/h10H,1-9,12H2. The van der Waals surface area contributed by atoms with Crippen molar-refractivity contribution < 1.29 is 8.95 Å². The van der Waals surface area contributed by atoms with Crippen molar-refractivity contribution >= 4 is 22.6 Å².